The molecule has 1 aliphatic rings. The minimum atomic E-state index is -0.690. The quantitative estimate of drug-likeness (QED) is 0.717. The summed E-state index contributed by atoms with van der Waals surface area (Å²) in [6.07, 6.45) is 0.694. The van der Waals surface area contributed by atoms with Gasteiger partial charge in [0.1, 0.15) is 11.5 Å². The smallest absolute Gasteiger partial charge is 0.265 e. The van der Waals surface area contributed by atoms with Crippen LogP contribution in [-0.2, 0) is 9.59 Å². The second-order valence-corrected chi connectivity index (χ2v) is 7.57. The first-order valence-electron chi connectivity index (χ1n) is 9.11. The van der Waals surface area contributed by atoms with E-state index in [1.54, 1.807) is 37.1 Å². The van der Waals surface area contributed by atoms with Gasteiger partial charge in [0.15, 0.2) is 6.10 Å². The molecule has 0 bridgehead atoms. The average molecular weight is 447 g/mol. The van der Waals surface area contributed by atoms with Gasteiger partial charge < -0.3 is 19.7 Å². The van der Waals surface area contributed by atoms with Crippen LogP contribution in [0.1, 0.15) is 25.3 Å². The summed E-state index contributed by atoms with van der Waals surface area (Å²) in [6.45, 7) is 4.35. The number of anilines is 2. The maximum atomic E-state index is 12.5. The van der Waals surface area contributed by atoms with Crippen molar-refractivity contribution in [1.82, 2.24) is 0 Å². The van der Waals surface area contributed by atoms with E-state index in [1.807, 2.05) is 25.1 Å². The molecule has 148 valence electrons. The number of aryl methyl sites for hydroxylation is 1. The van der Waals surface area contributed by atoms with E-state index in [0.717, 1.165) is 22.1 Å². The number of amides is 2. The van der Waals surface area contributed by atoms with E-state index in [-0.39, 0.29) is 11.8 Å². The normalized spacial score (nSPS) is 14.7. The third-order valence-corrected chi connectivity index (χ3v) is 5.19. The number of carbonyl (C=O) groups excluding carboxylic acids is 2. The number of rotatable bonds is 6. The Morgan fingerprint density at radius 3 is 2.64 bits per heavy atom. The number of nitrogens with one attached hydrogen (secondary N) is 1. The lowest BCUT2D eigenvalue weighted by molar-refractivity contribution is -0.122. The maximum Gasteiger partial charge on any atom is 0.265 e. The van der Waals surface area contributed by atoms with Crippen molar-refractivity contribution in [3.05, 3.63) is 46.4 Å². The number of ether oxygens (including phenoxy) is 2. The van der Waals surface area contributed by atoms with E-state index in [1.165, 1.54) is 0 Å². The van der Waals surface area contributed by atoms with Crippen LogP contribution >= 0.6 is 15.9 Å². The van der Waals surface area contributed by atoms with Crippen molar-refractivity contribution in [2.45, 2.75) is 32.8 Å². The van der Waals surface area contributed by atoms with Gasteiger partial charge in [-0.15, -0.1) is 0 Å². The van der Waals surface area contributed by atoms with Crippen LogP contribution in [0.5, 0.6) is 11.5 Å². The average Bonchev–Trinajstić information content (AvgIpc) is 3.09. The highest BCUT2D eigenvalue weighted by molar-refractivity contribution is 9.10. The lowest BCUT2D eigenvalue weighted by atomic mass is 10.2. The Hall–Kier alpha value is -2.54. The molecule has 3 rings (SSSR count). The molecule has 6 nitrogen and oxygen atoms in total. The van der Waals surface area contributed by atoms with Gasteiger partial charge >= 0.3 is 0 Å². The van der Waals surface area contributed by atoms with Gasteiger partial charge in [-0.1, -0.05) is 6.07 Å². The molecule has 0 aromatic heterocycles. The van der Waals surface area contributed by atoms with Crippen molar-refractivity contribution in [2.24, 2.45) is 0 Å². The molecular formula is C21H23BrN2O4. The zero-order valence-corrected chi connectivity index (χ0v) is 17.7. The van der Waals surface area contributed by atoms with Crippen LogP contribution in [0.3, 0.4) is 0 Å². The number of carbonyl (C=O) groups is 2. The van der Waals surface area contributed by atoms with Gasteiger partial charge in [-0.3, -0.25) is 9.59 Å². The summed E-state index contributed by atoms with van der Waals surface area (Å²) in [5, 5.41) is 2.83. The molecule has 1 fully saturated rings. The van der Waals surface area contributed by atoms with Crippen LogP contribution in [0.25, 0.3) is 0 Å². The largest absolute Gasteiger partial charge is 0.494 e. The Labute approximate surface area is 172 Å². The Balaban J connectivity index is 1.70. The zero-order valence-electron chi connectivity index (χ0n) is 16.1. The molecule has 0 radical (unpaired) electrons. The molecule has 1 N–H and O–H groups in total. The first kappa shape index (κ1) is 20.2. The molecule has 0 aliphatic carbocycles. The molecule has 0 spiro atoms. The van der Waals surface area contributed by atoms with Crippen LogP contribution in [0.2, 0.25) is 0 Å². The van der Waals surface area contributed by atoms with Gasteiger partial charge in [0, 0.05) is 24.7 Å². The summed E-state index contributed by atoms with van der Waals surface area (Å²) in [4.78, 5) is 26.2. The molecule has 2 aromatic rings. The summed E-state index contributed by atoms with van der Waals surface area (Å²) >= 11 is 3.45. The van der Waals surface area contributed by atoms with E-state index in [4.69, 9.17) is 9.47 Å². The number of nitrogens with zero attached hydrogens (tertiary/aromatic N) is 1. The fourth-order valence-electron chi connectivity index (χ4n) is 3.07. The highest BCUT2D eigenvalue weighted by Gasteiger charge is 2.25. The monoisotopic (exact) mass is 446 g/mol. The molecule has 1 unspecified atom stereocenters. The summed E-state index contributed by atoms with van der Waals surface area (Å²) < 4.78 is 12.0. The molecule has 1 atom stereocenters. The second kappa shape index (κ2) is 8.65. The Bertz CT molecular complexity index is 900. The molecule has 1 saturated heterocycles. The third-order valence-electron chi connectivity index (χ3n) is 4.57. The maximum absolute atomic E-state index is 12.5. The van der Waals surface area contributed by atoms with Crippen molar-refractivity contribution in [2.75, 3.05) is 23.9 Å². The van der Waals surface area contributed by atoms with Crippen LogP contribution in [0.4, 0.5) is 11.4 Å². The van der Waals surface area contributed by atoms with Crippen molar-refractivity contribution in [3.8, 4) is 11.5 Å². The molecule has 2 amide bonds. The van der Waals surface area contributed by atoms with Crippen molar-refractivity contribution in [3.63, 3.8) is 0 Å². The molecule has 0 saturated carbocycles. The Morgan fingerprint density at radius 1 is 1.21 bits per heavy atom. The fraction of sp³-hybridized carbons (Fsp3) is 0.333. The van der Waals surface area contributed by atoms with Crippen LogP contribution < -0.4 is 19.7 Å². The zero-order chi connectivity index (χ0) is 20.3. The molecular weight excluding hydrogens is 424 g/mol. The van der Waals surface area contributed by atoms with Gasteiger partial charge in [-0.2, -0.15) is 0 Å². The molecule has 7 heteroatoms. The number of hydrogen-bond acceptors (Lipinski definition) is 4. The van der Waals surface area contributed by atoms with Crippen molar-refractivity contribution < 1.29 is 19.1 Å². The van der Waals surface area contributed by atoms with Crippen LogP contribution in [0, 0.1) is 6.92 Å². The molecule has 2 aromatic carbocycles. The summed E-state index contributed by atoms with van der Waals surface area (Å²) in [7, 11) is 1.55. The Morgan fingerprint density at radius 2 is 2.00 bits per heavy atom. The lowest BCUT2D eigenvalue weighted by Crippen LogP contribution is -2.30. The standard InChI is InChI=1S/C21H23BrN2O4/c1-13-6-9-18(16(22)11-13)28-14(2)21(26)23-15-7-8-17(19(12-15)27-3)24-10-4-5-20(24)25/h6-9,11-12,14H,4-5,10H2,1-3H3,(H,23,26). The van der Waals surface area contributed by atoms with Gasteiger partial charge in [0.2, 0.25) is 5.91 Å². The predicted octanol–water partition coefficient (Wildman–Crippen LogP) is 4.30. The SMILES string of the molecule is COc1cc(NC(=O)C(C)Oc2ccc(C)cc2Br)ccc1N1CCCC1=O. The lowest BCUT2D eigenvalue weighted by Gasteiger charge is -2.20. The molecule has 1 aliphatic heterocycles. The molecule has 1 heterocycles. The van der Waals surface area contributed by atoms with Gasteiger partial charge in [0.25, 0.3) is 5.91 Å². The van der Waals surface area contributed by atoms with E-state index in [2.05, 4.69) is 21.2 Å². The van der Waals surface area contributed by atoms with E-state index >= 15 is 0 Å². The number of halogens is 1. The topological polar surface area (TPSA) is 67.9 Å². The number of methoxy groups -OCH3 is 1. The summed E-state index contributed by atoms with van der Waals surface area (Å²) in [5.74, 6) is 0.955. The van der Waals surface area contributed by atoms with Gasteiger partial charge in [-0.25, -0.2) is 0 Å². The second-order valence-electron chi connectivity index (χ2n) is 6.72. The van der Waals surface area contributed by atoms with E-state index in [9.17, 15) is 9.59 Å². The minimum absolute atomic E-state index is 0.0841. The first-order valence-corrected chi connectivity index (χ1v) is 9.90. The van der Waals surface area contributed by atoms with Crippen LogP contribution in [-0.4, -0.2) is 31.6 Å². The van der Waals surface area contributed by atoms with E-state index < -0.39 is 6.10 Å². The first-order chi connectivity index (χ1) is 13.4. The predicted molar refractivity (Wildman–Crippen MR) is 112 cm³/mol. The van der Waals surface area contributed by atoms with Crippen molar-refractivity contribution >= 4 is 39.1 Å². The highest BCUT2D eigenvalue weighted by Crippen LogP contribution is 2.34. The summed E-state index contributed by atoms with van der Waals surface area (Å²) in [6, 6.07) is 11.0. The van der Waals surface area contributed by atoms with Crippen molar-refractivity contribution in [1.29, 1.82) is 0 Å². The minimum Gasteiger partial charge on any atom is -0.494 e. The summed E-state index contributed by atoms with van der Waals surface area (Å²) in [5.41, 5.74) is 2.39. The van der Waals surface area contributed by atoms with Crippen LogP contribution in [0.15, 0.2) is 40.9 Å². The number of hydrogen-bond donors (Lipinski definition) is 1. The number of benzene rings is 2. The fourth-order valence-corrected chi connectivity index (χ4v) is 3.66. The Kier molecular flexibility index (Phi) is 6.24. The van der Waals surface area contributed by atoms with Gasteiger partial charge in [0.05, 0.1) is 17.3 Å². The highest BCUT2D eigenvalue weighted by atomic mass is 79.9. The third kappa shape index (κ3) is 4.47. The van der Waals surface area contributed by atoms with Gasteiger partial charge in [-0.05, 0) is 66.0 Å². The van der Waals surface area contributed by atoms with E-state index in [0.29, 0.717) is 30.2 Å². The molecule has 28 heavy (non-hydrogen) atoms.